The lowest BCUT2D eigenvalue weighted by Gasteiger charge is -2.14. The Morgan fingerprint density at radius 1 is 1.39 bits per heavy atom. The molecule has 18 heavy (non-hydrogen) atoms. The Bertz CT molecular complexity index is 402. The zero-order valence-corrected chi connectivity index (χ0v) is 10.8. The minimum absolute atomic E-state index is 0.105. The van der Waals surface area contributed by atoms with Crippen LogP contribution in [-0.4, -0.2) is 49.0 Å². The van der Waals surface area contributed by atoms with Gasteiger partial charge in [0.15, 0.2) is 0 Å². The predicted molar refractivity (Wildman–Crippen MR) is 71.8 cm³/mol. The van der Waals surface area contributed by atoms with E-state index >= 15 is 0 Å². The van der Waals surface area contributed by atoms with Crippen LogP contribution in [0.2, 0.25) is 0 Å². The Morgan fingerprint density at radius 3 is 2.89 bits per heavy atom. The molecule has 2 N–H and O–H groups in total. The maximum absolute atomic E-state index is 11.9. The average molecular weight is 248 g/mol. The van der Waals surface area contributed by atoms with Gasteiger partial charge in [-0.05, 0) is 38.1 Å². The van der Waals surface area contributed by atoms with E-state index in [4.69, 9.17) is 0 Å². The molecule has 1 saturated heterocycles. The number of hydrogen-bond acceptors (Lipinski definition) is 4. The number of anilines is 1. The van der Waals surface area contributed by atoms with Gasteiger partial charge < -0.3 is 15.5 Å². The van der Waals surface area contributed by atoms with Crippen LogP contribution in [0.5, 0.6) is 0 Å². The number of carbonyl (C=O) groups excluding carboxylic acids is 1. The standard InChI is InChI=1S/C13H20N4O/c1-14-12-6-4-5-11(16-12)13(18)15-7-10-17-8-2-3-9-17/h4-6H,2-3,7-10H2,1H3,(H,14,16)(H,15,18). The van der Waals surface area contributed by atoms with Crippen molar-refractivity contribution in [3.8, 4) is 0 Å². The van der Waals surface area contributed by atoms with Crippen molar-refractivity contribution in [1.29, 1.82) is 0 Å². The number of nitrogens with one attached hydrogen (secondary N) is 2. The van der Waals surface area contributed by atoms with Gasteiger partial charge in [-0.2, -0.15) is 0 Å². The van der Waals surface area contributed by atoms with E-state index in [0.717, 1.165) is 19.6 Å². The van der Waals surface area contributed by atoms with Crippen LogP contribution in [0.15, 0.2) is 18.2 Å². The highest BCUT2D eigenvalue weighted by atomic mass is 16.1. The molecule has 0 bridgehead atoms. The molecule has 0 aliphatic carbocycles. The van der Waals surface area contributed by atoms with Gasteiger partial charge in [0.05, 0.1) is 0 Å². The van der Waals surface area contributed by atoms with Crippen molar-refractivity contribution in [2.75, 3.05) is 38.5 Å². The number of aromatic nitrogens is 1. The molecule has 5 heteroatoms. The van der Waals surface area contributed by atoms with Gasteiger partial charge in [-0.1, -0.05) is 6.07 Å². The fraction of sp³-hybridized carbons (Fsp3) is 0.538. The largest absolute Gasteiger partial charge is 0.373 e. The Kier molecular flexibility index (Phi) is 4.52. The average Bonchev–Trinajstić information content (AvgIpc) is 2.92. The molecule has 1 aromatic rings. The number of pyridine rings is 1. The first kappa shape index (κ1) is 12.8. The number of hydrogen-bond donors (Lipinski definition) is 2. The van der Waals surface area contributed by atoms with Gasteiger partial charge in [-0.15, -0.1) is 0 Å². The lowest BCUT2D eigenvalue weighted by molar-refractivity contribution is 0.0945. The van der Waals surface area contributed by atoms with Gasteiger partial charge in [0.25, 0.3) is 5.91 Å². The molecular formula is C13H20N4O. The summed E-state index contributed by atoms with van der Waals surface area (Å²) >= 11 is 0. The minimum Gasteiger partial charge on any atom is -0.373 e. The number of nitrogens with zero attached hydrogens (tertiary/aromatic N) is 2. The van der Waals surface area contributed by atoms with E-state index in [0.29, 0.717) is 18.1 Å². The van der Waals surface area contributed by atoms with Crippen molar-refractivity contribution < 1.29 is 4.79 Å². The van der Waals surface area contributed by atoms with Crippen molar-refractivity contribution in [1.82, 2.24) is 15.2 Å². The summed E-state index contributed by atoms with van der Waals surface area (Å²) in [5, 5.41) is 5.83. The van der Waals surface area contributed by atoms with Gasteiger partial charge in [-0.25, -0.2) is 4.98 Å². The second kappa shape index (κ2) is 6.35. The Hall–Kier alpha value is -1.62. The van der Waals surface area contributed by atoms with Gasteiger partial charge in [0.2, 0.25) is 0 Å². The molecular weight excluding hydrogens is 228 g/mol. The van der Waals surface area contributed by atoms with Gasteiger partial charge in [-0.3, -0.25) is 4.79 Å². The molecule has 1 aliphatic heterocycles. The van der Waals surface area contributed by atoms with Gasteiger partial charge in [0, 0.05) is 20.1 Å². The molecule has 0 spiro atoms. The van der Waals surface area contributed by atoms with E-state index in [1.165, 1.54) is 12.8 Å². The highest BCUT2D eigenvalue weighted by molar-refractivity contribution is 5.92. The monoisotopic (exact) mass is 248 g/mol. The number of rotatable bonds is 5. The summed E-state index contributed by atoms with van der Waals surface area (Å²) in [5.74, 6) is 0.605. The van der Waals surface area contributed by atoms with Crippen molar-refractivity contribution in [3.05, 3.63) is 23.9 Å². The zero-order chi connectivity index (χ0) is 12.8. The predicted octanol–water partition coefficient (Wildman–Crippen LogP) is 0.949. The maximum atomic E-state index is 11.9. The minimum atomic E-state index is -0.105. The third-order valence-corrected chi connectivity index (χ3v) is 3.15. The first-order valence-corrected chi connectivity index (χ1v) is 6.45. The van der Waals surface area contributed by atoms with Crippen molar-refractivity contribution in [2.45, 2.75) is 12.8 Å². The Balaban J connectivity index is 1.79. The first-order valence-electron chi connectivity index (χ1n) is 6.45. The fourth-order valence-electron chi connectivity index (χ4n) is 2.12. The van der Waals surface area contributed by atoms with Crippen LogP contribution < -0.4 is 10.6 Å². The summed E-state index contributed by atoms with van der Waals surface area (Å²) in [6.07, 6.45) is 2.55. The fourth-order valence-corrected chi connectivity index (χ4v) is 2.12. The second-order valence-corrected chi connectivity index (χ2v) is 4.46. The summed E-state index contributed by atoms with van der Waals surface area (Å²) in [5.41, 5.74) is 0.461. The molecule has 0 saturated carbocycles. The summed E-state index contributed by atoms with van der Waals surface area (Å²) < 4.78 is 0. The molecule has 0 unspecified atom stereocenters. The molecule has 2 rings (SSSR count). The van der Waals surface area contributed by atoms with E-state index in [1.54, 1.807) is 13.1 Å². The van der Waals surface area contributed by atoms with Crippen LogP contribution in [0.3, 0.4) is 0 Å². The first-order chi connectivity index (χ1) is 8.79. The Morgan fingerprint density at radius 2 is 2.17 bits per heavy atom. The zero-order valence-electron chi connectivity index (χ0n) is 10.8. The summed E-state index contributed by atoms with van der Waals surface area (Å²) in [6.45, 7) is 3.93. The molecule has 5 nitrogen and oxygen atoms in total. The molecule has 0 aromatic carbocycles. The molecule has 1 amide bonds. The quantitative estimate of drug-likeness (QED) is 0.814. The second-order valence-electron chi connectivity index (χ2n) is 4.46. The topological polar surface area (TPSA) is 57.3 Å². The summed E-state index contributed by atoms with van der Waals surface area (Å²) in [4.78, 5) is 18.4. The summed E-state index contributed by atoms with van der Waals surface area (Å²) in [7, 11) is 1.79. The van der Waals surface area contributed by atoms with Crippen molar-refractivity contribution >= 4 is 11.7 Å². The number of likely N-dealkylation sites (tertiary alicyclic amines) is 1. The molecule has 1 aliphatic rings. The van der Waals surface area contributed by atoms with Crippen LogP contribution in [0, 0.1) is 0 Å². The molecule has 98 valence electrons. The van der Waals surface area contributed by atoms with E-state index in [-0.39, 0.29) is 5.91 Å². The third-order valence-electron chi connectivity index (χ3n) is 3.15. The van der Waals surface area contributed by atoms with E-state index in [2.05, 4.69) is 20.5 Å². The van der Waals surface area contributed by atoms with E-state index in [9.17, 15) is 4.79 Å². The maximum Gasteiger partial charge on any atom is 0.270 e. The van der Waals surface area contributed by atoms with Crippen molar-refractivity contribution in [2.24, 2.45) is 0 Å². The number of amides is 1. The summed E-state index contributed by atoms with van der Waals surface area (Å²) in [6, 6.07) is 5.39. The third kappa shape index (κ3) is 3.43. The Labute approximate surface area is 108 Å². The molecule has 0 radical (unpaired) electrons. The van der Waals surface area contributed by atoms with Crippen LogP contribution in [0.25, 0.3) is 0 Å². The van der Waals surface area contributed by atoms with Gasteiger partial charge in [0.1, 0.15) is 11.5 Å². The van der Waals surface area contributed by atoms with Crippen LogP contribution in [0.4, 0.5) is 5.82 Å². The highest BCUT2D eigenvalue weighted by Crippen LogP contribution is 2.06. The lowest BCUT2D eigenvalue weighted by Crippen LogP contribution is -2.33. The number of carbonyl (C=O) groups is 1. The van der Waals surface area contributed by atoms with E-state index in [1.807, 2.05) is 12.1 Å². The molecule has 0 atom stereocenters. The smallest absolute Gasteiger partial charge is 0.270 e. The van der Waals surface area contributed by atoms with Crippen molar-refractivity contribution in [3.63, 3.8) is 0 Å². The molecule has 1 aromatic heterocycles. The lowest BCUT2D eigenvalue weighted by atomic mass is 10.3. The van der Waals surface area contributed by atoms with Gasteiger partial charge >= 0.3 is 0 Å². The van der Waals surface area contributed by atoms with Crippen LogP contribution >= 0.6 is 0 Å². The van der Waals surface area contributed by atoms with Crippen LogP contribution in [-0.2, 0) is 0 Å². The SMILES string of the molecule is CNc1cccc(C(=O)NCCN2CCCC2)n1. The highest BCUT2D eigenvalue weighted by Gasteiger charge is 2.12. The van der Waals surface area contributed by atoms with Crippen LogP contribution in [0.1, 0.15) is 23.3 Å². The van der Waals surface area contributed by atoms with E-state index < -0.39 is 0 Å². The molecule has 2 heterocycles. The molecule has 1 fully saturated rings. The normalized spacial score (nSPS) is 15.6.